The number of para-hydroxylation sites is 1. The average molecular weight is 355 g/mol. The van der Waals surface area contributed by atoms with Crippen LogP contribution in [0, 0.1) is 5.82 Å². The van der Waals surface area contributed by atoms with Crippen molar-refractivity contribution >= 4 is 34.8 Å². The van der Waals surface area contributed by atoms with Gasteiger partial charge in [-0.05, 0) is 36.9 Å². The zero-order valence-electron chi connectivity index (χ0n) is 12.7. The molecule has 0 saturated heterocycles. The smallest absolute Gasteiger partial charge is 0.225 e. The minimum atomic E-state index is -0.440. The van der Waals surface area contributed by atoms with E-state index in [9.17, 15) is 9.18 Å². The Hall–Kier alpha value is -1.62. The molecule has 0 spiro atoms. The molecule has 0 unspecified atom stereocenters. The molecular weight excluding hydrogens is 338 g/mol. The molecule has 0 aliphatic carbocycles. The standard InChI is InChI=1S/C17H17Cl2FN2O/c1-22(11-12-6-7-13(18)14(19)10-12)9-8-17(23)21-16-5-3-2-4-15(16)20/h2-7,10H,8-9,11H2,1H3,(H,21,23). The van der Waals surface area contributed by atoms with Gasteiger partial charge >= 0.3 is 0 Å². The quantitative estimate of drug-likeness (QED) is 0.822. The van der Waals surface area contributed by atoms with Crippen molar-refractivity contribution in [3.63, 3.8) is 0 Å². The summed E-state index contributed by atoms with van der Waals surface area (Å²) >= 11 is 11.9. The van der Waals surface area contributed by atoms with Gasteiger partial charge in [-0.3, -0.25) is 4.79 Å². The molecule has 0 aliphatic rings. The molecule has 23 heavy (non-hydrogen) atoms. The second-order valence-electron chi connectivity index (χ2n) is 5.26. The van der Waals surface area contributed by atoms with Crippen LogP contribution in [0.15, 0.2) is 42.5 Å². The predicted molar refractivity (Wildman–Crippen MR) is 92.4 cm³/mol. The molecular formula is C17H17Cl2FN2O. The Morgan fingerprint density at radius 1 is 1.17 bits per heavy atom. The summed E-state index contributed by atoms with van der Waals surface area (Å²) in [7, 11) is 1.90. The first-order valence-electron chi connectivity index (χ1n) is 7.12. The molecule has 0 heterocycles. The lowest BCUT2D eigenvalue weighted by Crippen LogP contribution is -2.24. The van der Waals surface area contributed by atoms with E-state index in [-0.39, 0.29) is 18.0 Å². The van der Waals surface area contributed by atoms with Gasteiger partial charge in [0.1, 0.15) is 5.82 Å². The molecule has 0 fully saturated rings. The summed E-state index contributed by atoms with van der Waals surface area (Å²) in [6.45, 7) is 1.18. The lowest BCUT2D eigenvalue weighted by atomic mass is 10.2. The number of hydrogen-bond acceptors (Lipinski definition) is 2. The molecule has 2 aromatic carbocycles. The highest BCUT2D eigenvalue weighted by molar-refractivity contribution is 6.42. The van der Waals surface area contributed by atoms with E-state index in [4.69, 9.17) is 23.2 Å². The predicted octanol–water partition coefficient (Wildman–Crippen LogP) is 4.59. The van der Waals surface area contributed by atoms with Crippen molar-refractivity contribution in [1.82, 2.24) is 4.90 Å². The third-order valence-electron chi connectivity index (χ3n) is 3.31. The zero-order valence-corrected chi connectivity index (χ0v) is 14.2. The van der Waals surface area contributed by atoms with E-state index in [0.29, 0.717) is 23.1 Å². The van der Waals surface area contributed by atoms with E-state index in [2.05, 4.69) is 5.32 Å². The van der Waals surface area contributed by atoms with Crippen molar-refractivity contribution in [3.8, 4) is 0 Å². The summed E-state index contributed by atoms with van der Waals surface area (Å²) in [4.78, 5) is 13.9. The number of rotatable bonds is 6. The van der Waals surface area contributed by atoms with Gasteiger partial charge in [0.15, 0.2) is 0 Å². The van der Waals surface area contributed by atoms with E-state index in [1.807, 2.05) is 18.0 Å². The van der Waals surface area contributed by atoms with Crippen LogP contribution in [0.3, 0.4) is 0 Å². The maximum atomic E-state index is 13.5. The van der Waals surface area contributed by atoms with Crippen molar-refractivity contribution in [3.05, 3.63) is 63.9 Å². The number of carbonyl (C=O) groups is 1. The van der Waals surface area contributed by atoms with Crippen LogP contribution in [0.5, 0.6) is 0 Å². The van der Waals surface area contributed by atoms with Gasteiger partial charge in [-0.25, -0.2) is 4.39 Å². The first-order chi connectivity index (χ1) is 11.0. The molecule has 0 bridgehead atoms. The highest BCUT2D eigenvalue weighted by Crippen LogP contribution is 2.23. The molecule has 1 N–H and O–H groups in total. The summed E-state index contributed by atoms with van der Waals surface area (Å²) in [5, 5.41) is 3.59. The Morgan fingerprint density at radius 2 is 1.91 bits per heavy atom. The average Bonchev–Trinajstić information content (AvgIpc) is 2.51. The second-order valence-corrected chi connectivity index (χ2v) is 6.08. The van der Waals surface area contributed by atoms with Gasteiger partial charge in [0.2, 0.25) is 5.91 Å². The molecule has 1 amide bonds. The van der Waals surface area contributed by atoms with Crippen LogP contribution in [0.2, 0.25) is 10.0 Å². The lowest BCUT2D eigenvalue weighted by Gasteiger charge is -2.17. The van der Waals surface area contributed by atoms with Crippen molar-refractivity contribution in [1.29, 1.82) is 0 Å². The first-order valence-corrected chi connectivity index (χ1v) is 7.88. The van der Waals surface area contributed by atoms with Gasteiger partial charge in [-0.2, -0.15) is 0 Å². The summed E-state index contributed by atoms with van der Waals surface area (Å²) in [6, 6.07) is 11.5. The second kappa shape index (κ2) is 8.29. The summed E-state index contributed by atoms with van der Waals surface area (Å²) in [6.07, 6.45) is 0.270. The fraction of sp³-hybridized carbons (Fsp3) is 0.235. The summed E-state index contributed by atoms with van der Waals surface area (Å²) in [5.74, 6) is -0.666. The van der Waals surface area contributed by atoms with E-state index in [0.717, 1.165) is 5.56 Å². The van der Waals surface area contributed by atoms with E-state index < -0.39 is 5.82 Å². The number of halogens is 3. The monoisotopic (exact) mass is 354 g/mol. The third kappa shape index (κ3) is 5.50. The SMILES string of the molecule is CN(CCC(=O)Nc1ccccc1F)Cc1ccc(Cl)c(Cl)c1. The summed E-state index contributed by atoms with van der Waals surface area (Å²) < 4.78 is 13.5. The highest BCUT2D eigenvalue weighted by atomic mass is 35.5. The number of nitrogens with one attached hydrogen (secondary N) is 1. The van der Waals surface area contributed by atoms with E-state index in [1.54, 1.807) is 24.3 Å². The number of hydrogen-bond donors (Lipinski definition) is 1. The fourth-order valence-corrected chi connectivity index (χ4v) is 2.42. The molecule has 0 aromatic heterocycles. The molecule has 0 radical (unpaired) electrons. The Morgan fingerprint density at radius 3 is 2.61 bits per heavy atom. The van der Waals surface area contributed by atoms with Crippen LogP contribution in [0.25, 0.3) is 0 Å². The number of amides is 1. The number of carbonyl (C=O) groups excluding carboxylic acids is 1. The van der Waals surface area contributed by atoms with Gasteiger partial charge in [0.05, 0.1) is 15.7 Å². The first kappa shape index (κ1) is 17.7. The lowest BCUT2D eigenvalue weighted by molar-refractivity contribution is -0.116. The van der Waals surface area contributed by atoms with Crippen LogP contribution in [-0.2, 0) is 11.3 Å². The van der Waals surface area contributed by atoms with Crippen LogP contribution in [0.4, 0.5) is 10.1 Å². The fourth-order valence-electron chi connectivity index (χ4n) is 2.10. The van der Waals surface area contributed by atoms with Crippen LogP contribution >= 0.6 is 23.2 Å². The maximum Gasteiger partial charge on any atom is 0.225 e. The molecule has 0 aliphatic heterocycles. The minimum absolute atomic E-state index is 0.199. The minimum Gasteiger partial charge on any atom is -0.324 e. The maximum absolute atomic E-state index is 13.5. The largest absolute Gasteiger partial charge is 0.324 e. The van der Waals surface area contributed by atoms with Gasteiger partial charge in [0, 0.05) is 19.5 Å². The number of anilines is 1. The molecule has 2 rings (SSSR count). The third-order valence-corrected chi connectivity index (χ3v) is 4.04. The molecule has 0 atom stereocenters. The van der Waals surface area contributed by atoms with E-state index >= 15 is 0 Å². The number of benzene rings is 2. The Balaban J connectivity index is 1.81. The van der Waals surface area contributed by atoms with Crippen LogP contribution in [0.1, 0.15) is 12.0 Å². The van der Waals surface area contributed by atoms with E-state index in [1.165, 1.54) is 12.1 Å². The normalized spacial score (nSPS) is 10.8. The van der Waals surface area contributed by atoms with Gasteiger partial charge < -0.3 is 10.2 Å². The molecule has 2 aromatic rings. The Kier molecular flexibility index (Phi) is 6.39. The molecule has 0 saturated carbocycles. The highest BCUT2D eigenvalue weighted by Gasteiger charge is 2.09. The number of nitrogens with zero attached hydrogens (tertiary/aromatic N) is 1. The van der Waals surface area contributed by atoms with Crippen molar-refractivity contribution in [2.24, 2.45) is 0 Å². The Labute approximate surface area is 145 Å². The summed E-state index contributed by atoms with van der Waals surface area (Å²) in [5.41, 5.74) is 1.21. The van der Waals surface area contributed by atoms with Gasteiger partial charge in [-0.1, -0.05) is 41.4 Å². The van der Waals surface area contributed by atoms with Gasteiger partial charge in [0.25, 0.3) is 0 Å². The van der Waals surface area contributed by atoms with Crippen LogP contribution < -0.4 is 5.32 Å². The molecule has 6 heteroatoms. The molecule has 3 nitrogen and oxygen atoms in total. The van der Waals surface area contributed by atoms with Crippen molar-refractivity contribution in [2.75, 3.05) is 18.9 Å². The zero-order chi connectivity index (χ0) is 16.8. The molecule has 122 valence electrons. The van der Waals surface area contributed by atoms with Crippen molar-refractivity contribution in [2.45, 2.75) is 13.0 Å². The van der Waals surface area contributed by atoms with Crippen LogP contribution in [-0.4, -0.2) is 24.4 Å². The van der Waals surface area contributed by atoms with Crippen molar-refractivity contribution < 1.29 is 9.18 Å². The van der Waals surface area contributed by atoms with Gasteiger partial charge in [-0.15, -0.1) is 0 Å². The topological polar surface area (TPSA) is 32.3 Å². The Bertz CT molecular complexity index is 694.